The fourth-order valence-electron chi connectivity index (χ4n) is 2.40. The monoisotopic (exact) mass is 246 g/mol. The number of cyclic esters (lactones) is 1. The van der Waals surface area contributed by atoms with Gasteiger partial charge in [0.25, 0.3) is 0 Å². The number of ether oxygens (including phenoxy) is 1. The van der Waals surface area contributed by atoms with Crippen LogP contribution in [0.2, 0.25) is 0 Å². The molecule has 1 aliphatic heterocycles. The summed E-state index contributed by atoms with van der Waals surface area (Å²) in [6, 6.07) is 8.08. The van der Waals surface area contributed by atoms with Crippen LogP contribution in [0.3, 0.4) is 0 Å². The van der Waals surface area contributed by atoms with Gasteiger partial charge in [-0.15, -0.1) is 0 Å². The number of Topliss-reactive ketones (excluding diaryl/α,β-unsaturated/α-hetero) is 1. The smallest absolute Gasteiger partial charge is 0.320 e. The third kappa shape index (κ3) is 2.17. The number of aryl methyl sites for hydroxylation is 1. The largest absolute Gasteiger partial charge is 0.465 e. The van der Waals surface area contributed by atoms with Gasteiger partial charge < -0.3 is 4.74 Å². The van der Waals surface area contributed by atoms with Crippen molar-refractivity contribution in [3.8, 4) is 0 Å². The van der Waals surface area contributed by atoms with E-state index in [1.54, 1.807) is 0 Å². The van der Waals surface area contributed by atoms with E-state index < -0.39 is 5.41 Å². The topological polar surface area (TPSA) is 43.4 Å². The van der Waals surface area contributed by atoms with Gasteiger partial charge >= 0.3 is 5.97 Å². The standard InChI is InChI=1S/C15H18O3/c1-3-12-4-6-13(7-5-12)10-15(11(2)16)8-9-18-14(15)17/h4-7H,3,8-10H2,1-2H3. The molecule has 0 aliphatic carbocycles. The zero-order chi connectivity index (χ0) is 13.2. The number of rotatable bonds is 4. The Balaban J connectivity index is 2.24. The first kappa shape index (κ1) is 12.8. The third-order valence-corrected chi connectivity index (χ3v) is 3.76. The Morgan fingerprint density at radius 3 is 2.33 bits per heavy atom. The lowest BCUT2D eigenvalue weighted by Crippen LogP contribution is -2.36. The van der Waals surface area contributed by atoms with E-state index in [1.807, 2.05) is 24.3 Å². The second-order valence-corrected chi connectivity index (χ2v) is 4.87. The first-order chi connectivity index (χ1) is 8.58. The average molecular weight is 246 g/mol. The molecule has 1 heterocycles. The van der Waals surface area contributed by atoms with E-state index >= 15 is 0 Å². The lowest BCUT2D eigenvalue weighted by atomic mass is 9.77. The molecule has 1 atom stereocenters. The van der Waals surface area contributed by atoms with E-state index in [-0.39, 0.29) is 11.8 Å². The van der Waals surface area contributed by atoms with Crippen molar-refractivity contribution in [1.29, 1.82) is 0 Å². The summed E-state index contributed by atoms with van der Waals surface area (Å²) in [5, 5.41) is 0. The maximum Gasteiger partial charge on any atom is 0.320 e. The predicted octanol–water partition coefficient (Wildman–Crippen LogP) is 2.31. The molecular weight excluding hydrogens is 228 g/mol. The summed E-state index contributed by atoms with van der Waals surface area (Å²) >= 11 is 0. The predicted molar refractivity (Wildman–Crippen MR) is 68.2 cm³/mol. The van der Waals surface area contributed by atoms with Crippen molar-refractivity contribution in [3.05, 3.63) is 35.4 Å². The molecule has 3 heteroatoms. The van der Waals surface area contributed by atoms with Crippen LogP contribution in [0, 0.1) is 5.41 Å². The minimum absolute atomic E-state index is 0.0930. The van der Waals surface area contributed by atoms with Crippen LogP contribution in [-0.4, -0.2) is 18.4 Å². The molecule has 0 N–H and O–H groups in total. The van der Waals surface area contributed by atoms with Crippen molar-refractivity contribution in [1.82, 2.24) is 0 Å². The Hall–Kier alpha value is -1.64. The molecule has 3 nitrogen and oxygen atoms in total. The molecule has 1 aromatic carbocycles. The average Bonchev–Trinajstić information content (AvgIpc) is 2.73. The van der Waals surface area contributed by atoms with Crippen LogP contribution in [0.5, 0.6) is 0 Å². The molecule has 0 spiro atoms. The minimum atomic E-state index is -0.951. The summed E-state index contributed by atoms with van der Waals surface area (Å²) < 4.78 is 4.99. The van der Waals surface area contributed by atoms with Gasteiger partial charge in [0.2, 0.25) is 0 Å². The first-order valence-corrected chi connectivity index (χ1v) is 6.34. The number of carbonyl (C=O) groups excluding carboxylic acids is 2. The van der Waals surface area contributed by atoms with Crippen molar-refractivity contribution in [3.63, 3.8) is 0 Å². The molecule has 1 fully saturated rings. The number of esters is 1. The lowest BCUT2D eigenvalue weighted by Gasteiger charge is -2.21. The molecule has 1 unspecified atom stereocenters. The van der Waals surface area contributed by atoms with Crippen LogP contribution in [0.25, 0.3) is 0 Å². The van der Waals surface area contributed by atoms with Gasteiger partial charge in [0.05, 0.1) is 6.61 Å². The highest BCUT2D eigenvalue weighted by molar-refractivity contribution is 6.04. The van der Waals surface area contributed by atoms with Gasteiger partial charge in [-0.05, 0) is 30.9 Å². The summed E-state index contributed by atoms with van der Waals surface area (Å²) in [5.41, 5.74) is 1.32. The highest BCUT2D eigenvalue weighted by Gasteiger charge is 2.48. The minimum Gasteiger partial charge on any atom is -0.465 e. The molecule has 18 heavy (non-hydrogen) atoms. The van der Waals surface area contributed by atoms with Gasteiger partial charge in [0.1, 0.15) is 11.2 Å². The Kier molecular flexibility index (Phi) is 3.50. The summed E-state index contributed by atoms with van der Waals surface area (Å²) in [6.45, 7) is 3.93. The number of hydrogen-bond donors (Lipinski definition) is 0. The fraction of sp³-hybridized carbons (Fsp3) is 0.467. The van der Waals surface area contributed by atoms with Crippen LogP contribution >= 0.6 is 0 Å². The van der Waals surface area contributed by atoms with Crippen LogP contribution in [0.15, 0.2) is 24.3 Å². The molecule has 0 aromatic heterocycles. The molecule has 0 bridgehead atoms. The van der Waals surface area contributed by atoms with Crippen molar-refractivity contribution in [2.75, 3.05) is 6.61 Å². The molecule has 96 valence electrons. The zero-order valence-electron chi connectivity index (χ0n) is 10.9. The Bertz CT molecular complexity index is 461. The normalized spacial score (nSPS) is 22.9. The molecule has 0 saturated carbocycles. The Morgan fingerprint density at radius 2 is 1.89 bits per heavy atom. The molecule has 0 amide bonds. The van der Waals surface area contributed by atoms with Crippen LogP contribution in [-0.2, 0) is 27.2 Å². The number of ketones is 1. The fourth-order valence-corrected chi connectivity index (χ4v) is 2.40. The summed E-state index contributed by atoms with van der Waals surface area (Å²) in [5.74, 6) is -0.459. The second-order valence-electron chi connectivity index (χ2n) is 4.87. The lowest BCUT2D eigenvalue weighted by molar-refractivity contribution is -0.150. The van der Waals surface area contributed by atoms with Crippen molar-refractivity contribution < 1.29 is 14.3 Å². The molecule has 1 aliphatic rings. The molecule has 0 radical (unpaired) electrons. The van der Waals surface area contributed by atoms with E-state index in [1.165, 1.54) is 12.5 Å². The van der Waals surface area contributed by atoms with Crippen molar-refractivity contribution >= 4 is 11.8 Å². The van der Waals surface area contributed by atoms with Crippen LogP contribution in [0.4, 0.5) is 0 Å². The van der Waals surface area contributed by atoms with E-state index in [9.17, 15) is 9.59 Å². The number of carbonyl (C=O) groups is 2. The summed E-state index contributed by atoms with van der Waals surface area (Å²) in [6.07, 6.45) is 1.93. The van der Waals surface area contributed by atoms with Gasteiger partial charge in [-0.25, -0.2) is 0 Å². The van der Waals surface area contributed by atoms with Crippen LogP contribution < -0.4 is 0 Å². The molecule has 1 aromatic rings. The molecular formula is C15H18O3. The Morgan fingerprint density at radius 1 is 1.28 bits per heavy atom. The first-order valence-electron chi connectivity index (χ1n) is 6.34. The van der Waals surface area contributed by atoms with Gasteiger partial charge in [-0.2, -0.15) is 0 Å². The van der Waals surface area contributed by atoms with Gasteiger partial charge in [-0.1, -0.05) is 31.2 Å². The summed E-state index contributed by atoms with van der Waals surface area (Å²) in [7, 11) is 0. The Labute approximate surface area is 107 Å². The molecule has 1 saturated heterocycles. The maximum atomic E-state index is 11.8. The highest BCUT2D eigenvalue weighted by Crippen LogP contribution is 2.35. The van der Waals surface area contributed by atoms with Gasteiger partial charge in [0, 0.05) is 6.42 Å². The maximum absolute atomic E-state index is 11.8. The van der Waals surface area contributed by atoms with Crippen LogP contribution in [0.1, 0.15) is 31.4 Å². The van der Waals surface area contributed by atoms with Crippen molar-refractivity contribution in [2.24, 2.45) is 5.41 Å². The highest BCUT2D eigenvalue weighted by atomic mass is 16.5. The third-order valence-electron chi connectivity index (χ3n) is 3.76. The van der Waals surface area contributed by atoms with E-state index in [0.717, 1.165) is 12.0 Å². The van der Waals surface area contributed by atoms with E-state index in [2.05, 4.69) is 6.92 Å². The SMILES string of the molecule is CCc1ccc(CC2(C(C)=O)CCOC2=O)cc1. The molecule has 2 rings (SSSR count). The quantitative estimate of drug-likeness (QED) is 0.605. The number of benzene rings is 1. The van der Waals surface area contributed by atoms with E-state index in [0.29, 0.717) is 19.4 Å². The second kappa shape index (κ2) is 4.92. The number of hydrogen-bond acceptors (Lipinski definition) is 3. The van der Waals surface area contributed by atoms with Gasteiger partial charge in [-0.3, -0.25) is 9.59 Å². The van der Waals surface area contributed by atoms with Gasteiger partial charge in [0.15, 0.2) is 0 Å². The van der Waals surface area contributed by atoms with Crippen molar-refractivity contribution in [2.45, 2.75) is 33.1 Å². The van der Waals surface area contributed by atoms with E-state index in [4.69, 9.17) is 4.74 Å². The summed E-state index contributed by atoms with van der Waals surface area (Å²) in [4.78, 5) is 23.6. The zero-order valence-corrected chi connectivity index (χ0v) is 10.9.